The summed E-state index contributed by atoms with van der Waals surface area (Å²) in [5.74, 6) is -0.211. The van der Waals surface area contributed by atoms with Gasteiger partial charge in [-0.3, -0.25) is 9.69 Å². The van der Waals surface area contributed by atoms with Crippen LogP contribution in [0.1, 0.15) is 52.9 Å². The van der Waals surface area contributed by atoms with Gasteiger partial charge in [0.2, 0.25) is 5.91 Å². The van der Waals surface area contributed by atoms with E-state index in [2.05, 4.69) is 38.0 Å². The first-order valence-electron chi connectivity index (χ1n) is 7.01. The molecular weight excluding hydrogens is 226 g/mol. The Morgan fingerprint density at radius 3 is 2.61 bits per heavy atom. The van der Waals surface area contributed by atoms with Gasteiger partial charge in [0.1, 0.15) is 0 Å². The topological polar surface area (TPSA) is 58.4 Å². The van der Waals surface area contributed by atoms with Gasteiger partial charge in [-0.25, -0.2) is 0 Å². The molecule has 0 heterocycles. The van der Waals surface area contributed by atoms with Gasteiger partial charge in [-0.05, 0) is 60.0 Å². The van der Waals surface area contributed by atoms with E-state index in [1.165, 1.54) is 0 Å². The van der Waals surface area contributed by atoms with E-state index < -0.39 is 5.54 Å². The van der Waals surface area contributed by atoms with Crippen LogP contribution in [0.2, 0.25) is 0 Å². The zero-order valence-electron chi connectivity index (χ0n) is 12.5. The third-order valence-corrected chi connectivity index (χ3v) is 5.04. The molecule has 0 aromatic rings. The zero-order valence-corrected chi connectivity index (χ0v) is 12.5. The normalized spacial score (nSPS) is 29.6. The van der Waals surface area contributed by atoms with Crippen LogP contribution in [0.15, 0.2) is 0 Å². The number of rotatable bonds is 5. The van der Waals surface area contributed by atoms with Gasteiger partial charge in [-0.15, -0.1) is 0 Å². The minimum Gasteiger partial charge on any atom is -0.368 e. The Kier molecular flexibility index (Phi) is 4.78. The van der Waals surface area contributed by atoms with Crippen LogP contribution >= 0.6 is 0 Å². The number of carbonyl (C=O) groups is 1. The van der Waals surface area contributed by atoms with Crippen LogP contribution in [0.5, 0.6) is 0 Å². The van der Waals surface area contributed by atoms with Gasteiger partial charge in [0.25, 0.3) is 0 Å². The lowest BCUT2D eigenvalue weighted by Gasteiger charge is -2.47. The Bertz CT molecular complexity index is 303. The molecule has 0 saturated heterocycles. The van der Waals surface area contributed by atoms with Crippen molar-refractivity contribution in [3.63, 3.8) is 0 Å². The van der Waals surface area contributed by atoms with Gasteiger partial charge < -0.3 is 11.1 Å². The van der Waals surface area contributed by atoms with Gasteiger partial charge >= 0.3 is 0 Å². The lowest BCUT2D eigenvalue weighted by molar-refractivity contribution is -0.126. The minimum absolute atomic E-state index is 0.166. The second-order valence-electron chi connectivity index (χ2n) is 6.22. The van der Waals surface area contributed by atoms with Crippen LogP contribution in [0.25, 0.3) is 0 Å². The summed E-state index contributed by atoms with van der Waals surface area (Å²) in [6.45, 7) is 6.72. The highest BCUT2D eigenvalue weighted by Crippen LogP contribution is 2.33. The molecule has 0 aliphatic heterocycles. The van der Waals surface area contributed by atoms with E-state index >= 15 is 0 Å². The second kappa shape index (κ2) is 5.57. The van der Waals surface area contributed by atoms with Crippen molar-refractivity contribution in [2.24, 2.45) is 5.73 Å². The van der Waals surface area contributed by atoms with Crippen LogP contribution in [0, 0.1) is 0 Å². The smallest absolute Gasteiger partial charge is 0.237 e. The monoisotopic (exact) mass is 255 g/mol. The fraction of sp³-hybridized carbons (Fsp3) is 0.929. The Hall–Kier alpha value is -0.610. The van der Waals surface area contributed by atoms with Gasteiger partial charge in [-0.1, -0.05) is 6.92 Å². The molecule has 2 unspecified atom stereocenters. The highest BCUT2D eigenvalue weighted by atomic mass is 16.1. The summed E-state index contributed by atoms with van der Waals surface area (Å²) < 4.78 is 0. The maximum atomic E-state index is 11.7. The van der Waals surface area contributed by atoms with Gasteiger partial charge in [0, 0.05) is 11.6 Å². The summed E-state index contributed by atoms with van der Waals surface area (Å²) in [6.07, 6.45) is 4.98. The molecule has 18 heavy (non-hydrogen) atoms. The predicted molar refractivity (Wildman–Crippen MR) is 75.4 cm³/mol. The van der Waals surface area contributed by atoms with Crippen molar-refractivity contribution in [3.8, 4) is 0 Å². The third kappa shape index (κ3) is 2.86. The van der Waals surface area contributed by atoms with Crippen LogP contribution in [0.4, 0.5) is 0 Å². The van der Waals surface area contributed by atoms with Crippen molar-refractivity contribution in [3.05, 3.63) is 0 Å². The standard InChI is InChI=1S/C14H29N3O/c1-6-13(2,3)17(5)11-8-7-9-14(10-11,16-4)12(15)18/h11,16H,6-10H2,1-5H3,(H2,15,18). The molecule has 1 fully saturated rings. The average Bonchev–Trinajstić information content (AvgIpc) is 2.37. The average molecular weight is 255 g/mol. The molecule has 1 rings (SSSR count). The molecule has 1 saturated carbocycles. The van der Waals surface area contributed by atoms with E-state index in [9.17, 15) is 4.79 Å². The molecule has 3 N–H and O–H groups in total. The maximum Gasteiger partial charge on any atom is 0.237 e. The van der Waals surface area contributed by atoms with Crippen molar-refractivity contribution in [2.45, 2.75) is 70.0 Å². The Balaban J connectivity index is 2.84. The molecule has 1 amide bonds. The number of primary amides is 1. The van der Waals surface area contributed by atoms with Crippen LogP contribution in [-0.4, -0.2) is 42.0 Å². The van der Waals surface area contributed by atoms with E-state index in [4.69, 9.17) is 5.73 Å². The maximum absolute atomic E-state index is 11.7. The molecular formula is C14H29N3O. The fourth-order valence-corrected chi connectivity index (χ4v) is 2.89. The Morgan fingerprint density at radius 2 is 2.17 bits per heavy atom. The fourth-order valence-electron chi connectivity index (χ4n) is 2.89. The summed E-state index contributed by atoms with van der Waals surface area (Å²) in [4.78, 5) is 14.2. The van der Waals surface area contributed by atoms with E-state index in [0.717, 1.165) is 32.1 Å². The molecule has 0 spiro atoms. The van der Waals surface area contributed by atoms with E-state index in [-0.39, 0.29) is 11.4 Å². The van der Waals surface area contributed by atoms with Gasteiger partial charge in [-0.2, -0.15) is 0 Å². The lowest BCUT2D eigenvalue weighted by atomic mass is 9.77. The molecule has 2 atom stereocenters. The highest BCUT2D eigenvalue weighted by molar-refractivity contribution is 5.84. The molecule has 0 aromatic carbocycles. The molecule has 4 heteroatoms. The van der Waals surface area contributed by atoms with Crippen molar-refractivity contribution >= 4 is 5.91 Å². The molecule has 1 aliphatic rings. The van der Waals surface area contributed by atoms with Crippen LogP contribution < -0.4 is 11.1 Å². The Labute approximate surface area is 111 Å². The number of nitrogens with zero attached hydrogens (tertiary/aromatic N) is 1. The number of nitrogens with two attached hydrogens (primary N) is 1. The zero-order chi connectivity index (χ0) is 14.0. The summed E-state index contributed by atoms with van der Waals surface area (Å²) in [6, 6.07) is 0.425. The predicted octanol–water partition coefficient (Wildman–Crippen LogP) is 1.49. The molecule has 4 nitrogen and oxygen atoms in total. The Morgan fingerprint density at radius 1 is 1.56 bits per heavy atom. The SMILES string of the molecule is CCC(C)(C)N(C)C1CCCC(NC)(C(N)=O)C1. The van der Waals surface area contributed by atoms with E-state index in [0.29, 0.717) is 6.04 Å². The largest absolute Gasteiger partial charge is 0.368 e. The van der Waals surface area contributed by atoms with Crippen molar-refractivity contribution in [2.75, 3.05) is 14.1 Å². The number of hydrogen-bond acceptors (Lipinski definition) is 3. The number of hydrogen-bond donors (Lipinski definition) is 2. The van der Waals surface area contributed by atoms with Gasteiger partial charge in [0.05, 0.1) is 5.54 Å². The summed E-state index contributed by atoms with van der Waals surface area (Å²) >= 11 is 0. The van der Waals surface area contributed by atoms with Gasteiger partial charge in [0.15, 0.2) is 0 Å². The molecule has 0 radical (unpaired) electrons. The molecule has 0 aromatic heterocycles. The van der Waals surface area contributed by atoms with Crippen molar-refractivity contribution < 1.29 is 4.79 Å². The van der Waals surface area contributed by atoms with Crippen LogP contribution in [0.3, 0.4) is 0 Å². The molecule has 1 aliphatic carbocycles. The molecule has 106 valence electrons. The first-order valence-corrected chi connectivity index (χ1v) is 7.01. The second-order valence-corrected chi connectivity index (χ2v) is 6.22. The van der Waals surface area contributed by atoms with Crippen LogP contribution in [-0.2, 0) is 4.79 Å². The van der Waals surface area contributed by atoms with E-state index in [1.54, 1.807) is 0 Å². The number of nitrogens with one attached hydrogen (secondary N) is 1. The first-order chi connectivity index (χ1) is 8.29. The number of amides is 1. The molecule has 0 bridgehead atoms. The summed E-state index contributed by atoms with van der Waals surface area (Å²) in [5, 5.41) is 3.17. The minimum atomic E-state index is -0.513. The third-order valence-electron chi connectivity index (χ3n) is 5.04. The quantitative estimate of drug-likeness (QED) is 0.782. The van der Waals surface area contributed by atoms with Crippen molar-refractivity contribution in [1.29, 1.82) is 0 Å². The number of likely N-dealkylation sites (N-methyl/N-ethyl adjacent to an activating group) is 1. The first kappa shape index (κ1) is 15.4. The summed E-state index contributed by atoms with van der Waals surface area (Å²) in [5.41, 5.74) is 5.25. The van der Waals surface area contributed by atoms with E-state index in [1.807, 2.05) is 7.05 Å². The lowest BCUT2D eigenvalue weighted by Crippen LogP contribution is -2.61. The van der Waals surface area contributed by atoms with Crippen molar-refractivity contribution in [1.82, 2.24) is 10.2 Å². The number of carbonyl (C=O) groups excluding carboxylic acids is 1. The highest BCUT2D eigenvalue weighted by Gasteiger charge is 2.42. The summed E-state index contributed by atoms with van der Waals surface area (Å²) in [7, 11) is 4.01.